The minimum Gasteiger partial charge on any atom is -0.505 e. The van der Waals surface area contributed by atoms with Crippen molar-refractivity contribution in [2.24, 2.45) is 0 Å². The van der Waals surface area contributed by atoms with Crippen LogP contribution in [0.25, 0.3) is 21.6 Å². The molecule has 0 spiro atoms. The highest BCUT2D eigenvalue weighted by Gasteiger charge is 2.48. The maximum Gasteiger partial charge on any atom is 0.301 e. The van der Waals surface area contributed by atoms with Gasteiger partial charge in [-0.2, -0.15) is 0 Å². The molecular formula is C29H23ClN4O4S. The van der Waals surface area contributed by atoms with Crippen LogP contribution in [0.4, 0.5) is 5.13 Å². The molecule has 6 rings (SSSR count). The third-order valence-electron chi connectivity index (χ3n) is 6.80. The number of halogens is 1. The van der Waals surface area contributed by atoms with Crippen molar-refractivity contribution in [2.45, 2.75) is 26.8 Å². The van der Waals surface area contributed by atoms with E-state index in [2.05, 4.69) is 9.97 Å². The molecule has 1 aliphatic heterocycles. The van der Waals surface area contributed by atoms with Crippen LogP contribution in [0.15, 0.2) is 66.4 Å². The molecule has 2 aromatic carbocycles. The van der Waals surface area contributed by atoms with E-state index in [-0.39, 0.29) is 17.0 Å². The van der Waals surface area contributed by atoms with E-state index >= 15 is 0 Å². The second-order valence-electron chi connectivity index (χ2n) is 9.21. The van der Waals surface area contributed by atoms with Crippen molar-refractivity contribution >= 4 is 61.4 Å². The topological polar surface area (TPSA) is 97.0 Å². The first-order valence-electron chi connectivity index (χ1n) is 12.3. The van der Waals surface area contributed by atoms with Crippen molar-refractivity contribution in [3.63, 3.8) is 0 Å². The Labute approximate surface area is 232 Å². The molecule has 0 radical (unpaired) electrons. The minimum atomic E-state index is -0.931. The van der Waals surface area contributed by atoms with E-state index in [0.717, 1.165) is 10.3 Å². The number of amides is 1. The fourth-order valence-electron chi connectivity index (χ4n) is 4.92. The molecule has 1 saturated heterocycles. The first-order valence-corrected chi connectivity index (χ1v) is 13.5. The summed E-state index contributed by atoms with van der Waals surface area (Å²) in [7, 11) is 0. The van der Waals surface area contributed by atoms with E-state index in [9.17, 15) is 14.7 Å². The van der Waals surface area contributed by atoms with Crippen LogP contribution < -0.4 is 9.64 Å². The molecule has 8 nitrogen and oxygen atoms in total. The van der Waals surface area contributed by atoms with Gasteiger partial charge in [-0.15, -0.1) is 0 Å². The molecule has 196 valence electrons. The number of benzene rings is 2. The highest BCUT2D eigenvalue weighted by molar-refractivity contribution is 7.22. The largest absolute Gasteiger partial charge is 0.505 e. The number of carbonyl (C=O) groups excluding carboxylic acids is 2. The fraction of sp³-hybridized carbons (Fsp3) is 0.172. The monoisotopic (exact) mass is 558 g/mol. The van der Waals surface area contributed by atoms with Gasteiger partial charge in [-0.1, -0.05) is 41.1 Å². The maximum atomic E-state index is 13.6. The molecule has 1 aliphatic rings. The van der Waals surface area contributed by atoms with Gasteiger partial charge in [0.2, 0.25) is 0 Å². The fourth-order valence-corrected chi connectivity index (χ4v) is 6.06. The summed E-state index contributed by atoms with van der Waals surface area (Å²) in [5, 5.41) is 12.5. The molecule has 0 saturated carbocycles. The van der Waals surface area contributed by atoms with E-state index in [4.69, 9.17) is 16.3 Å². The summed E-state index contributed by atoms with van der Waals surface area (Å²) in [6, 6.07) is 15.2. The molecule has 1 atom stereocenters. The van der Waals surface area contributed by atoms with Crippen LogP contribution in [0.2, 0.25) is 5.02 Å². The van der Waals surface area contributed by atoms with Crippen LogP contribution in [0.1, 0.15) is 35.5 Å². The lowest BCUT2D eigenvalue weighted by atomic mass is 9.96. The van der Waals surface area contributed by atoms with Gasteiger partial charge in [-0.05, 0) is 68.3 Å². The number of pyridine rings is 1. The number of aliphatic hydroxyl groups is 1. The summed E-state index contributed by atoms with van der Waals surface area (Å²) < 4.78 is 8.27. The second kappa shape index (κ2) is 9.52. The van der Waals surface area contributed by atoms with E-state index < -0.39 is 17.7 Å². The van der Waals surface area contributed by atoms with E-state index in [1.165, 1.54) is 16.2 Å². The number of ether oxygens (including phenoxy) is 1. The normalized spacial score (nSPS) is 17.0. The number of hydrogen-bond acceptors (Lipinski definition) is 7. The van der Waals surface area contributed by atoms with Crippen LogP contribution in [0.5, 0.6) is 5.75 Å². The van der Waals surface area contributed by atoms with Crippen LogP contribution >= 0.6 is 22.9 Å². The van der Waals surface area contributed by atoms with Crippen LogP contribution in [-0.4, -0.2) is 37.8 Å². The average molecular weight is 559 g/mol. The smallest absolute Gasteiger partial charge is 0.301 e. The lowest BCUT2D eigenvalue weighted by Crippen LogP contribution is -2.29. The summed E-state index contributed by atoms with van der Waals surface area (Å²) in [4.78, 5) is 37.8. The Bertz CT molecular complexity index is 1820. The van der Waals surface area contributed by atoms with Gasteiger partial charge in [-0.25, -0.2) is 9.97 Å². The Morgan fingerprint density at radius 1 is 1.10 bits per heavy atom. The summed E-state index contributed by atoms with van der Waals surface area (Å²) in [6.07, 6.45) is 1.84. The molecule has 1 amide bonds. The number of carbonyl (C=O) groups is 2. The summed E-state index contributed by atoms with van der Waals surface area (Å²) >= 11 is 7.43. The lowest BCUT2D eigenvalue weighted by Gasteiger charge is -2.22. The standard InChI is InChI=1S/C29H23ClN4O4S/c1-4-38-19-11-12-20-21(14-19)39-29(31-20)34-24(17-7-9-18(30)10-8-17)22(26(36)28(34)37)25(35)23-16(3)33-13-5-6-15(2)27(33)32-23/h5-14,24,35H,4H2,1-3H3/b25-22+. The Hall–Kier alpha value is -4.21. The first-order chi connectivity index (χ1) is 18.8. The van der Waals surface area contributed by atoms with Gasteiger partial charge in [0.1, 0.15) is 17.1 Å². The van der Waals surface area contributed by atoms with Crippen LogP contribution in [0.3, 0.4) is 0 Å². The molecule has 5 aromatic rings. The van der Waals surface area contributed by atoms with Crippen molar-refractivity contribution < 1.29 is 19.4 Å². The first kappa shape index (κ1) is 25.1. The quantitative estimate of drug-likeness (QED) is 0.156. The van der Waals surface area contributed by atoms with Gasteiger partial charge in [0.15, 0.2) is 10.9 Å². The number of anilines is 1. The van der Waals surface area contributed by atoms with Gasteiger partial charge in [0, 0.05) is 11.2 Å². The number of imidazole rings is 1. The molecule has 1 N–H and O–H groups in total. The second-order valence-corrected chi connectivity index (χ2v) is 10.7. The molecule has 39 heavy (non-hydrogen) atoms. The average Bonchev–Trinajstić information content (AvgIpc) is 3.57. The van der Waals surface area contributed by atoms with Gasteiger partial charge in [-0.3, -0.25) is 14.5 Å². The third kappa shape index (κ3) is 4.05. The summed E-state index contributed by atoms with van der Waals surface area (Å²) in [5.41, 5.74) is 3.68. The van der Waals surface area contributed by atoms with Crippen molar-refractivity contribution in [1.82, 2.24) is 14.4 Å². The molecule has 3 aromatic heterocycles. The van der Waals surface area contributed by atoms with E-state index in [0.29, 0.717) is 44.9 Å². The molecule has 0 aliphatic carbocycles. The molecule has 4 heterocycles. The van der Waals surface area contributed by atoms with Crippen LogP contribution in [0, 0.1) is 13.8 Å². The Kier molecular flexibility index (Phi) is 6.12. The number of aromatic nitrogens is 3. The van der Waals surface area contributed by atoms with Crippen molar-refractivity contribution in [2.75, 3.05) is 11.5 Å². The highest BCUT2D eigenvalue weighted by Crippen LogP contribution is 2.45. The van der Waals surface area contributed by atoms with Gasteiger partial charge >= 0.3 is 5.91 Å². The van der Waals surface area contributed by atoms with Gasteiger partial charge < -0.3 is 14.2 Å². The molecular weight excluding hydrogens is 536 g/mol. The van der Waals surface area contributed by atoms with E-state index in [1.807, 2.05) is 61.7 Å². The number of aryl methyl sites for hydroxylation is 2. The number of aliphatic hydroxyl groups excluding tert-OH is 1. The number of thiazole rings is 1. The molecule has 1 unspecified atom stereocenters. The number of ketones is 1. The van der Waals surface area contributed by atoms with Crippen molar-refractivity contribution in [3.8, 4) is 5.75 Å². The predicted octanol–water partition coefficient (Wildman–Crippen LogP) is 6.24. The number of Topliss-reactive ketones (excluding diaryl/α,β-unsaturated/α-hetero) is 1. The minimum absolute atomic E-state index is 0.0549. The Balaban J connectivity index is 1.56. The Morgan fingerprint density at radius 2 is 1.87 bits per heavy atom. The molecule has 0 bridgehead atoms. The number of hydrogen-bond donors (Lipinski definition) is 1. The number of rotatable bonds is 5. The van der Waals surface area contributed by atoms with Crippen molar-refractivity contribution in [3.05, 3.63) is 93.9 Å². The summed E-state index contributed by atoms with van der Waals surface area (Å²) in [6.45, 7) is 6.15. The molecule has 1 fully saturated rings. The number of nitrogens with zero attached hydrogens (tertiary/aromatic N) is 4. The maximum absolute atomic E-state index is 13.6. The van der Waals surface area contributed by atoms with Gasteiger partial charge in [0.25, 0.3) is 5.78 Å². The summed E-state index contributed by atoms with van der Waals surface area (Å²) in [5.74, 6) is -1.24. The SMILES string of the molecule is CCOc1ccc2nc(N3C(=O)C(=O)/C(=C(/O)c4nc5c(C)cccn5c4C)C3c3ccc(Cl)cc3)sc2c1. The zero-order chi connectivity index (χ0) is 27.4. The predicted molar refractivity (Wildman–Crippen MR) is 152 cm³/mol. The lowest BCUT2D eigenvalue weighted by molar-refractivity contribution is -0.132. The zero-order valence-electron chi connectivity index (χ0n) is 21.3. The van der Waals surface area contributed by atoms with E-state index in [1.54, 1.807) is 24.3 Å². The van der Waals surface area contributed by atoms with Crippen LogP contribution in [-0.2, 0) is 9.59 Å². The van der Waals surface area contributed by atoms with Gasteiger partial charge in [0.05, 0.1) is 34.1 Å². The Morgan fingerprint density at radius 3 is 2.59 bits per heavy atom. The highest BCUT2D eigenvalue weighted by atomic mass is 35.5. The third-order valence-corrected chi connectivity index (χ3v) is 8.07. The number of fused-ring (bicyclic) bond motifs is 2. The van der Waals surface area contributed by atoms with Crippen molar-refractivity contribution in [1.29, 1.82) is 0 Å². The molecule has 10 heteroatoms. The zero-order valence-corrected chi connectivity index (χ0v) is 22.9.